The largest absolute Gasteiger partial charge is 0.398 e. The van der Waals surface area contributed by atoms with E-state index in [1.54, 1.807) is 0 Å². The molecule has 1 aliphatic rings. The van der Waals surface area contributed by atoms with E-state index < -0.39 is 0 Å². The maximum Gasteiger partial charge on any atom is 0.0410 e. The van der Waals surface area contributed by atoms with Crippen molar-refractivity contribution in [2.75, 3.05) is 19.3 Å². The lowest BCUT2D eigenvalue weighted by atomic mass is 9.85. The van der Waals surface area contributed by atoms with Crippen molar-refractivity contribution < 1.29 is 0 Å². The highest BCUT2D eigenvalue weighted by molar-refractivity contribution is 6.30. The molecule has 1 aliphatic carbocycles. The predicted molar refractivity (Wildman–Crippen MR) is 69.5 cm³/mol. The number of halogens is 1. The number of rotatable bonds is 4. The van der Waals surface area contributed by atoms with Crippen LogP contribution in [-0.2, 0) is 6.54 Å². The monoisotopic (exact) mass is 238 g/mol. The van der Waals surface area contributed by atoms with Gasteiger partial charge in [-0.05, 0) is 49.6 Å². The highest BCUT2D eigenvalue weighted by Gasteiger charge is 2.19. The van der Waals surface area contributed by atoms with Gasteiger partial charge in [0.2, 0.25) is 0 Å². The van der Waals surface area contributed by atoms with E-state index in [1.807, 2.05) is 18.2 Å². The Balaban J connectivity index is 1.93. The van der Waals surface area contributed by atoms with Crippen LogP contribution < -0.4 is 5.73 Å². The van der Waals surface area contributed by atoms with Crippen molar-refractivity contribution >= 4 is 17.3 Å². The summed E-state index contributed by atoms with van der Waals surface area (Å²) in [6, 6.07) is 5.69. The van der Waals surface area contributed by atoms with Crippen molar-refractivity contribution in [3.05, 3.63) is 28.8 Å². The lowest BCUT2D eigenvalue weighted by Gasteiger charge is -2.30. The molecule has 16 heavy (non-hydrogen) atoms. The second kappa shape index (κ2) is 5.07. The molecule has 1 aromatic rings. The fourth-order valence-corrected chi connectivity index (χ4v) is 2.38. The molecule has 0 aromatic heterocycles. The molecule has 88 valence electrons. The molecule has 0 bridgehead atoms. The van der Waals surface area contributed by atoms with Crippen LogP contribution >= 0.6 is 11.6 Å². The van der Waals surface area contributed by atoms with Crippen molar-refractivity contribution in [1.29, 1.82) is 0 Å². The van der Waals surface area contributed by atoms with Gasteiger partial charge in [0.1, 0.15) is 0 Å². The highest BCUT2D eigenvalue weighted by Crippen LogP contribution is 2.27. The van der Waals surface area contributed by atoms with Crippen LogP contribution in [0.2, 0.25) is 5.02 Å². The maximum atomic E-state index is 5.97. The first-order valence-corrected chi connectivity index (χ1v) is 6.25. The lowest BCUT2D eigenvalue weighted by Crippen LogP contribution is -2.29. The van der Waals surface area contributed by atoms with E-state index in [-0.39, 0.29) is 0 Å². The number of nitrogens with two attached hydrogens (primary N) is 1. The Morgan fingerprint density at radius 2 is 2.19 bits per heavy atom. The van der Waals surface area contributed by atoms with Gasteiger partial charge in [-0.3, -0.25) is 0 Å². The van der Waals surface area contributed by atoms with E-state index in [0.717, 1.165) is 28.7 Å². The van der Waals surface area contributed by atoms with Crippen molar-refractivity contribution in [2.24, 2.45) is 5.92 Å². The molecule has 3 heteroatoms. The molecule has 2 nitrogen and oxygen atoms in total. The van der Waals surface area contributed by atoms with E-state index in [9.17, 15) is 0 Å². The molecule has 0 aliphatic heterocycles. The summed E-state index contributed by atoms with van der Waals surface area (Å²) in [6.45, 7) is 2.06. The van der Waals surface area contributed by atoms with E-state index in [0.29, 0.717) is 0 Å². The minimum atomic E-state index is 0.765. The van der Waals surface area contributed by atoms with Crippen LogP contribution in [0.4, 0.5) is 5.69 Å². The van der Waals surface area contributed by atoms with Gasteiger partial charge in [0, 0.05) is 23.8 Å². The highest BCUT2D eigenvalue weighted by atomic mass is 35.5. The summed E-state index contributed by atoms with van der Waals surface area (Å²) in [5, 5.41) is 0.765. The van der Waals surface area contributed by atoms with Crippen LogP contribution in [0.1, 0.15) is 24.8 Å². The quantitative estimate of drug-likeness (QED) is 0.817. The Hall–Kier alpha value is -0.730. The average molecular weight is 239 g/mol. The summed E-state index contributed by atoms with van der Waals surface area (Å²) in [4.78, 5) is 2.34. The number of nitrogen functional groups attached to an aromatic ring is 1. The first-order valence-electron chi connectivity index (χ1n) is 5.87. The number of nitrogens with zero attached hydrogens (tertiary/aromatic N) is 1. The van der Waals surface area contributed by atoms with Crippen LogP contribution in [-0.4, -0.2) is 18.5 Å². The van der Waals surface area contributed by atoms with Crippen molar-refractivity contribution in [2.45, 2.75) is 25.8 Å². The molecule has 2 rings (SSSR count). The van der Waals surface area contributed by atoms with Gasteiger partial charge in [-0.15, -0.1) is 0 Å². The average Bonchev–Trinajstić information content (AvgIpc) is 2.18. The molecule has 0 spiro atoms. The van der Waals surface area contributed by atoms with Crippen molar-refractivity contribution in [1.82, 2.24) is 4.90 Å². The third-order valence-electron chi connectivity index (χ3n) is 3.34. The maximum absolute atomic E-state index is 5.97. The third-order valence-corrected chi connectivity index (χ3v) is 3.57. The number of benzene rings is 1. The molecule has 1 saturated carbocycles. The van der Waals surface area contributed by atoms with Gasteiger partial charge in [0.25, 0.3) is 0 Å². The van der Waals surface area contributed by atoms with E-state index in [2.05, 4.69) is 11.9 Å². The van der Waals surface area contributed by atoms with Crippen LogP contribution in [0, 0.1) is 5.92 Å². The standard InChI is InChI=1S/C13H19ClN2/c1-16(8-10-3-2-4-10)9-11-7-12(14)5-6-13(11)15/h5-7,10H,2-4,8-9,15H2,1H3. The predicted octanol–water partition coefficient (Wildman–Crippen LogP) is 3.15. The lowest BCUT2D eigenvalue weighted by molar-refractivity contribution is 0.200. The van der Waals surface area contributed by atoms with Gasteiger partial charge in [0.05, 0.1) is 0 Å². The van der Waals surface area contributed by atoms with Gasteiger partial charge in [0.15, 0.2) is 0 Å². The zero-order chi connectivity index (χ0) is 11.5. The molecule has 1 fully saturated rings. The SMILES string of the molecule is CN(Cc1cc(Cl)ccc1N)CC1CCC1. The summed E-state index contributed by atoms with van der Waals surface area (Å²) >= 11 is 5.97. The second-order valence-corrected chi connectivity index (χ2v) is 5.27. The fourth-order valence-electron chi connectivity index (χ4n) is 2.18. The first kappa shape index (κ1) is 11.7. The first-order chi connectivity index (χ1) is 7.65. The molecule has 0 radical (unpaired) electrons. The molecule has 2 N–H and O–H groups in total. The number of hydrogen-bond donors (Lipinski definition) is 1. The van der Waals surface area contributed by atoms with E-state index in [4.69, 9.17) is 17.3 Å². The third kappa shape index (κ3) is 2.89. The molecule has 0 amide bonds. The molecule has 0 saturated heterocycles. The molecular weight excluding hydrogens is 220 g/mol. The molecular formula is C13H19ClN2. The number of hydrogen-bond acceptors (Lipinski definition) is 2. The van der Waals surface area contributed by atoms with Gasteiger partial charge in [-0.2, -0.15) is 0 Å². The minimum Gasteiger partial charge on any atom is -0.398 e. The Labute approximate surface area is 102 Å². The van der Waals surface area contributed by atoms with E-state index >= 15 is 0 Å². The van der Waals surface area contributed by atoms with Crippen LogP contribution in [0.5, 0.6) is 0 Å². The minimum absolute atomic E-state index is 0.765. The fraction of sp³-hybridized carbons (Fsp3) is 0.538. The van der Waals surface area contributed by atoms with Crippen LogP contribution in [0.3, 0.4) is 0 Å². The normalized spacial score (nSPS) is 16.4. The zero-order valence-corrected chi connectivity index (χ0v) is 10.5. The van der Waals surface area contributed by atoms with Crippen molar-refractivity contribution in [3.8, 4) is 0 Å². The van der Waals surface area contributed by atoms with Crippen LogP contribution in [0.25, 0.3) is 0 Å². The Morgan fingerprint density at radius 3 is 2.81 bits per heavy atom. The summed E-state index contributed by atoms with van der Waals surface area (Å²) in [7, 11) is 2.15. The molecule has 0 heterocycles. The zero-order valence-electron chi connectivity index (χ0n) is 9.75. The summed E-state index contributed by atoms with van der Waals surface area (Å²) < 4.78 is 0. The smallest absolute Gasteiger partial charge is 0.0410 e. The van der Waals surface area contributed by atoms with Crippen LogP contribution in [0.15, 0.2) is 18.2 Å². The number of anilines is 1. The Morgan fingerprint density at radius 1 is 1.44 bits per heavy atom. The summed E-state index contributed by atoms with van der Waals surface area (Å²) in [6.07, 6.45) is 4.17. The molecule has 0 unspecified atom stereocenters. The Kier molecular flexibility index (Phi) is 3.72. The van der Waals surface area contributed by atoms with Gasteiger partial charge < -0.3 is 10.6 Å². The molecule has 1 aromatic carbocycles. The van der Waals surface area contributed by atoms with Gasteiger partial charge in [-0.25, -0.2) is 0 Å². The molecule has 0 atom stereocenters. The van der Waals surface area contributed by atoms with E-state index in [1.165, 1.54) is 25.8 Å². The topological polar surface area (TPSA) is 29.3 Å². The van der Waals surface area contributed by atoms with Gasteiger partial charge >= 0.3 is 0 Å². The summed E-state index contributed by atoms with van der Waals surface area (Å²) in [5.41, 5.74) is 7.90. The summed E-state index contributed by atoms with van der Waals surface area (Å²) in [5.74, 6) is 0.894. The Bertz CT molecular complexity index is 361. The van der Waals surface area contributed by atoms with Crippen molar-refractivity contribution in [3.63, 3.8) is 0 Å². The van der Waals surface area contributed by atoms with Gasteiger partial charge in [-0.1, -0.05) is 18.0 Å². The second-order valence-electron chi connectivity index (χ2n) is 4.84.